The molecular formula is C15H20N4S. The van der Waals surface area contributed by atoms with E-state index in [9.17, 15) is 0 Å². The predicted octanol–water partition coefficient (Wildman–Crippen LogP) is 2.16. The van der Waals surface area contributed by atoms with Gasteiger partial charge in [-0.3, -0.25) is 9.80 Å². The van der Waals surface area contributed by atoms with Crippen LogP contribution in [0.1, 0.15) is 18.4 Å². The topological polar surface area (TPSA) is 45.4 Å². The molecular weight excluding hydrogens is 268 g/mol. The molecule has 4 rings (SSSR count). The Hall–Kier alpha value is -1.17. The van der Waals surface area contributed by atoms with Crippen molar-refractivity contribution >= 4 is 26.7 Å². The standard InChI is InChI=1S/C15H20N4S/c16-15-17-13-4-3-11(8-14(13)20-15)9-18-6-7-19-5-1-2-12(19)10-18/h3-4,8,12H,1-2,5-7,9-10H2,(H2,16,17). The second kappa shape index (κ2) is 4.98. The molecule has 0 spiro atoms. The highest BCUT2D eigenvalue weighted by atomic mass is 32.1. The Labute approximate surface area is 123 Å². The van der Waals surface area contributed by atoms with E-state index in [0.717, 1.165) is 18.1 Å². The van der Waals surface area contributed by atoms with E-state index < -0.39 is 0 Å². The third kappa shape index (κ3) is 2.30. The van der Waals surface area contributed by atoms with Gasteiger partial charge in [0, 0.05) is 32.2 Å². The molecule has 2 aliphatic heterocycles. The summed E-state index contributed by atoms with van der Waals surface area (Å²) in [5.74, 6) is 0. The van der Waals surface area contributed by atoms with Gasteiger partial charge in [-0.15, -0.1) is 0 Å². The van der Waals surface area contributed by atoms with Crippen LogP contribution in [0.4, 0.5) is 5.13 Å². The molecule has 0 radical (unpaired) electrons. The number of thiazole rings is 1. The number of benzene rings is 1. The molecule has 2 saturated heterocycles. The summed E-state index contributed by atoms with van der Waals surface area (Å²) in [5.41, 5.74) is 8.18. The average molecular weight is 288 g/mol. The fourth-order valence-corrected chi connectivity index (χ4v) is 4.34. The van der Waals surface area contributed by atoms with Crippen LogP contribution in [0.15, 0.2) is 18.2 Å². The molecule has 3 heterocycles. The highest BCUT2D eigenvalue weighted by molar-refractivity contribution is 7.22. The zero-order valence-electron chi connectivity index (χ0n) is 11.6. The van der Waals surface area contributed by atoms with Gasteiger partial charge in [0.15, 0.2) is 5.13 Å². The summed E-state index contributed by atoms with van der Waals surface area (Å²) in [6.45, 7) is 6.02. The van der Waals surface area contributed by atoms with Crippen molar-refractivity contribution in [2.75, 3.05) is 31.9 Å². The lowest BCUT2D eigenvalue weighted by Crippen LogP contribution is -2.49. The number of hydrogen-bond donors (Lipinski definition) is 1. The van der Waals surface area contributed by atoms with Gasteiger partial charge in [-0.25, -0.2) is 4.98 Å². The first-order chi connectivity index (χ1) is 9.78. The number of nitrogens with two attached hydrogens (primary N) is 1. The number of anilines is 1. The van der Waals surface area contributed by atoms with Crippen LogP contribution < -0.4 is 5.73 Å². The van der Waals surface area contributed by atoms with Crippen molar-refractivity contribution in [1.82, 2.24) is 14.8 Å². The average Bonchev–Trinajstić information content (AvgIpc) is 3.02. The number of rotatable bonds is 2. The smallest absolute Gasteiger partial charge is 0.181 e. The van der Waals surface area contributed by atoms with Crippen LogP contribution in [-0.2, 0) is 6.54 Å². The predicted molar refractivity (Wildman–Crippen MR) is 83.9 cm³/mol. The van der Waals surface area contributed by atoms with Crippen molar-refractivity contribution in [3.8, 4) is 0 Å². The first-order valence-corrected chi connectivity index (χ1v) is 8.21. The first-order valence-electron chi connectivity index (χ1n) is 7.39. The number of nitrogens with zero attached hydrogens (tertiary/aromatic N) is 3. The van der Waals surface area contributed by atoms with E-state index >= 15 is 0 Å². The van der Waals surface area contributed by atoms with Gasteiger partial charge in [0.05, 0.1) is 10.2 Å². The fourth-order valence-electron chi connectivity index (χ4n) is 3.54. The molecule has 2 aromatic rings. The van der Waals surface area contributed by atoms with E-state index in [4.69, 9.17) is 5.73 Å². The molecule has 1 aromatic heterocycles. The Balaban J connectivity index is 1.49. The highest BCUT2D eigenvalue weighted by Crippen LogP contribution is 2.26. The van der Waals surface area contributed by atoms with Crippen LogP contribution >= 0.6 is 11.3 Å². The largest absolute Gasteiger partial charge is 0.375 e. The lowest BCUT2D eigenvalue weighted by Gasteiger charge is -2.37. The minimum atomic E-state index is 0.664. The van der Waals surface area contributed by atoms with Crippen molar-refractivity contribution in [3.05, 3.63) is 23.8 Å². The molecule has 0 bridgehead atoms. The fraction of sp³-hybridized carbons (Fsp3) is 0.533. The maximum Gasteiger partial charge on any atom is 0.181 e. The van der Waals surface area contributed by atoms with Crippen LogP contribution in [0.5, 0.6) is 0 Å². The van der Waals surface area contributed by atoms with Gasteiger partial charge in [-0.05, 0) is 37.1 Å². The minimum Gasteiger partial charge on any atom is -0.375 e. The normalized spacial score (nSPS) is 24.3. The first kappa shape index (κ1) is 12.6. The van der Waals surface area contributed by atoms with Crippen molar-refractivity contribution in [1.29, 1.82) is 0 Å². The Morgan fingerprint density at radius 3 is 3.20 bits per heavy atom. The molecule has 2 fully saturated rings. The summed E-state index contributed by atoms with van der Waals surface area (Å²) in [4.78, 5) is 9.57. The molecule has 2 aliphatic rings. The minimum absolute atomic E-state index is 0.664. The Kier molecular flexibility index (Phi) is 3.13. The quantitative estimate of drug-likeness (QED) is 0.920. The van der Waals surface area contributed by atoms with Gasteiger partial charge in [-0.1, -0.05) is 17.4 Å². The van der Waals surface area contributed by atoms with Gasteiger partial charge in [0.1, 0.15) is 0 Å². The molecule has 0 aliphatic carbocycles. The summed E-state index contributed by atoms with van der Waals surface area (Å²) in [7, 11) is 0. The van der Waals surface area contributed by atoms with E-state index in [1.807, 2.05) is 0 Å². The molecule has 5 heteroatoms. The van der Waals surface area contributed by atoms with E-state index in [2.05, 4.69) is 33.0 Å². The van der Waals surface area contributed by atoms with Crippen molar-refractivity contribution < 1.29 is 0 Å². The van der Waals surface area contributed by atoms with Gasteiger partial charge in [0.25, 0.3) is 0 Å². The molecule has 20 heavy (non-hydrogen) atoms. The van der Waals surface area contributed by atoms with Gasteiger partial charge >= 0.3 is 0 Å². The van der Waals surface area contributed by atoms with Gasteiger partial charge in [-0.2, -0.15) is 0 Å². The van der Waals surface area contributed by atoms with Gasteiger partial charge < -0.3 is 5.73 Å². The van der Waals surface area contributed by atoms with Crippen molar-refractivity contribution in [2.24, 2.45) is 0 Å². The Morgan fingerprint density at radius 2 is 2.25 bits per heavy atom. The number of nitrogen functional groups attached to an aromatic ring is 1. The molecule has 0 saturated carbocycles. The SMILES string of the molecule is Nc1nc2ccc(CN3CCN4CCCC4C3)cc2s1. The molecule has 106 valence electrons. The molecule has 0 amide bonds. The third-order valence-corrected chi connectivity index (χ3v) is 5.39. The molecule has 1 atom stereocenters. The number of piperazine rings is 1. The second-order valence-corrected chi connectivity index (χ2v) is 6.98. The zero-order chi connectivity index (χ0) is 13.5. The Bertz CT molecular complexity index is 623. The van der Waals surface area contributed by atoms with E-state index in [1.165, 1.54) is 49.3 Å². The van der Waals surface area contributed by atoms with Crippen LogP contribution in [0.2, 0.25) is 0 Å². The van der Waals surface area contributed by atoms with Gasteiger partial charge in [0.2, 0.25) is 0 Å². The van der Waals surface area contributed by atoms with Crippen molar-refractivity contribution in [3.63, 3.8) is 0 Å². The summed E-state index contributed by atoms with van der Waals surface area (Å²) in [6.07, 6.45) is 2.76. The molecule has 2 N–H and O–H groups in total. The summed E-state index contributed by atoms with van der Waals surface area (Å²) in [6, 6.07) is 7.35. The summed E-state index contributed by atoms with van der Waals surface area (Å²) in [5, 5.41) is 0.664. The van der Waals surface area contributed by atoms with Crippen LogP contribution in [0, 0.1) is 0 Å². The third-order valence-electron chi connectivity index (χ3n) is 4.55. The number of fused-ring (bicyclic) bond motifs is 2. The maximum atomic E-state index is 5.77. The molecule has 1 unspecified atom stereocenters. The maximum absolute atomic E-state index is 5.77. The number of aromatic nitrogens is 1. The van der Waals surface area contributed by atoms with Crippen LogP contribution in [0.3, 0.4) is 0 Å². The van der Waals surface area contributed by atoms with E-state index in [0.29, 0.717) is 5.13 Å². The van der Waals surface area contributed by atoms with E-state index in [-0.39, 0.29) is 0 Å². The van der Waals surface area contributed by atoms with Crippen molar-refractivity contribution in [2.45, 2.75) is 25.4 Å². The monoisotopic (exact) mass is 288 g/mol. The lowest BCUT2D eigenvalue weighted by atomic mass is 10.1. The summed E-state index contributed by atoms with van der Waals surface area (Å²) >= 11 is 1.58. The highest BCUT2D eigenvalue weighted by Gasteiger charge is 2.30. The van der Waals surface area contributed by atoms with Crippen LogP contribution in [-0.4, -0.2) is 47.0 Å². The van der Waals surface area contributed by atoms with Crippen LogP contribution in [0.25, 0.3) is 10.2 Å². The molecule has 1 aromatic carbocycles. The lowest BCUT2D eigenvalue weighted by molar-refractivity contribution is 0.0994. The second-order valence-electron chi connectivity index (χ2n) is 5.92. The van der Waals surface area contributed by atoms with E-state index in [1.54, 1.807) is 11.3 Å². The molecule has 4 nitrogen and oxygen atoms in total. The summed E-state index contributed by atoms with van der Waals surface area (Å²) < 4.78 is 1.21. The zero-order valence-corrected chi connectivity index (χ0v) is 12.4. The number of hydrogen-bond acceptors (Lipinski definition) is 5. The Morgan fingerprint density at radius 1 is 1.30 bits per heavy atom.